The van der Waals surface area contributed by atoms with Gasteiger partial charge in [-0.3, -0.25) is 24.4 Å². The van der Waals surface area contributed by atoms with Crippen LogP contribution in [0.15, 0.2) is 35.8 Å². The highest BCUT2D eigenvalue weighted by molar-refractivity contribution is 7.10. The molecule has 3 aromatic heterocycles. The second-order valence-corrected chi connectivity index (χ2v) is 18.0. The molecule has 6 heterocycles. The van der Waals surface area contributed by atoms with Crippen LogP contribution in [0.3, 0.4) is 0 Å². The number of ether oxygens (including phenoxy) is 2. The average Bonchev–Trinajstić information content (AvgIpc) is 3.65. The van der Waals surface area contributed by atoms with Gasteiger partial charge in [0.2, 0.25) is 5.91 Å². The first-order valence-corrected chi connectivity index (χ1v) is 21.5. The first-order valence-electron chi connectivity index (χ1n) is 20.6. The van der Waals surface area contributed by atoms with Gasteiger partial charge in [-0.05, 0) is 69.2 Å². The smallest absolute Gasteiger partial charge is 0.324 e. The molecular weight excluding hydrogens is 741 g/mol. The van der Waals surface area contributed by atoms with Crippen molar-refractivity contribution in [3.63, 3.8) is 0 Å². The van der Waals surface area contributed by atoms with Gasteiger partial charge in [0.05, 0.1) is 46.7 Å². The Labute approximate surface area is 338 Å². The van der Waals surface area contributed by atoms with E-state index < -0.39 is 17.5 Å². The third kappa shape index (κ3) is 8.06. The van der Waals surface area contributed by atoms with Crippen LogP contribution in [0.5, 0.6) is 0 Å². The molecular formula is C43H56N8O5S. The van der Waals surface area contributed by atoms with Gasteiger partial charge in [-0.1, -0.05) is 26.8 Å². The van der Waals surface area contributed by atoms with Crippen molar-refractivity contribution in [1.29, 1.82) is 0 Å². The molecule has 1 aromatic carbocycles. The molecule has 304 valence electrons. The minimum Gasteiger partial charge on any atom is -0.464 e. The number of rotatable bonds is 7. The van der Waals surface area contributed by atoms with Crippen LogP contribution in [0, 0.1) is 17.3 Å². The second-order valence-electron chi connectivity index (χ2n) is 17.0. The Morgan fingerprint density at radius 3 is 2.70 bits per heavy atom. The average molecular weight is 797 g/mol. The Morgan fingerprint density at radius 1 is 1.18 bits per heavy atom. The van der Waals surface area contributed by atoms with Gasteiger partial charge in [-0.15, -0.1) is 11.3 Å². The van der Waals surface area contributed by atoms with E-state index in [1.165, 1.54) is 16.3 Å². The number of thiazole rings is 1. The van der Waals surface area contributed by atoms with Gasteiger partial charge in [0.1, 0.15) is 12.1 Å². The van der Waals surface area contributed by atoms with Crippen LogP contribution in [0.2, 0.25) is 0 Å². The molecule has 3 aliphatic heterocycles. The summed E-state index contributed by atoms with van der Waals surface area (Å²) in [6.45, 7) is 15.5. The van der Waals surface area contributed by atoms with Gasteiger partial charge in [0.15, 0.2) is 0 Å². The maximum absolute atomic E-state index is 14.1. The zero-order valence-corrected chi connectivity index (χ0v) is 34.8. The Hall–Kier alpha value is -4.37. The zero-order valence-electron chi connectivity index (χ0n) is 34.0. The number of carbonyl (C=O) groups is 3. The molecule has 6 bridgehead atoms. The molecule has 1 saturated carbocycles. The summed E-state index contributed by atoms with van der Waals surface area (Å²) in [6, 6.07) is 7.32. The fourth-order valence-electron chi connectivity index (χ4n) is 8.66. The van der Waals surface area contributed by atoms with E-state index in [1.807, 2.05) is 25.4 Å². The number of benzene rings is 1. The van der Waals surface area contributed by atoms with E-state index >= 15 is 0 Å². The molecule has 8 rings (SSSR count). The topological polar surface area (TPSA) is 143 Å². The molecule has 2 saturated heterocycles. The number of nitrogens with zero attached hydrogens (tertiary/aromatic N) is 5. The van der Waals surface area contributed by atoms with Gasteiger partial charge in [0, 0.05) is 91.5 Å². The second kappa shape index (κ2) is 16.1. The number of carbonyl (C=O) groups excluding carboxylic acids is 3. The van der Waals surface area contributed by atoms with Crippen molar-refractivity contribution in [2.75, 3.05) is 51.3 Å². The summed E-state index contributed by atoms with van der Waals surface area (Å²) in [5.74, 6) is -0.562. The van der Waals surface area contributed by atoms with Gasteiger partial charge < -0.3 is 29.6 Å². The van der Waals surface area contributed by atoms with Gasteiger partial charge >= 0.3 is 5.97 Å². The van der Waals surface area contributed by atoms with E-state index in [1.54, 1.807) is 7.11 Å². The monoisotopic (exact) mass is 796 g/mol. The summed E-state index contributed by atoms with van der Waals surface area (Å²) in [6.07, 6.45) is 4.59. The quantitative estimate of drug-likeness (QED) is 0.212. The summed E-state index contributed by atoms with van der Waals surface area (Å²) in [4.78, 5) is 53.7. The van der Waals surface area contributed by atoms with Crippen molar-refractivity contribution >= 4 is 45.7 Å². The lowest BCUT2D eigenvalue weighted by atomic mass is 9.84. The Bertz CT molecular complexity index is 2160. The molecule has 1 aliphatic carbocycles. The molecule has 13 nitrogen and oxygen atoms in total. The number of pyridine rings is 1. The number of hydrazine groups is 1. The molecule has 14 heteroatoms. The van der Waals surface area contributed by atoms with Crippen LogP contribution in [0.1, 0.15) is 76.3 Å². The molecule has 3 fully saturated rings. The first-order chi connectivity index (χ1) is 27.4. The molecule has 0 radical (unpaired) electrons. The number of hydrogen-bond acceptors (Lipinski definition) is 11. The Kier molecular flexibility index (Phi) is 11.2. The number of aryl methyl sites for hydroxylation is 1. The third-order valence-corrected chi connectivity index (χ3v) is 13.0. The molecule has 0 unspecified atom stereocenters. The molecule has 4 aromatic rings. The molecule has 4 aliphatic rings. The largest absolute Gasteiger partial charge is 0.464 e. The number of anilines is 1. The minimum atomic E-state index is -0.825. The van der Waals surface area contributed by atoms with E-state index in [2.05, 4.69) is 70.6 Å². The van der Waals surface area contributed by atoms with Crippen LogP contribution in [0.25, 0.3) is 33.4 Å². The Balaban J connectivity index is 1.27. The number of amides is 2. The predicted molar refractivity (Wildman–Crippen MR) is 222 cm³/mol. The Morgan fingerprint density at radius 2 is 1.96 bits per heavy atom. The number of aromatic nitrogens is 3. The lowest BCUT2D eigenvalue weighted by Crippen LogP contribution is -2.60. The van der Waals surface area contributed by atoms with Gasteiger partial charge in [0.25, 0.3) is 5.91 Å². The van der Waals surface area contributed by atoms with Crippen LogP contribution in [-0.4, -0.2) is 95.9 Å². The summed E-state index contributed by atoms with van der Waals surface area (Å²) >= 11 is 1.49. The number of hydrogen-bond donors (Lipinski definition) is 3. The minimum absolute atomic E-state index is 0.0894. The number of fused-ring (bicyclic) bond motifs is 6. The maximum Gasteiger partial charge on any atom is 0.324 e. The van der Waals surface area contributed by atoms with Crippen molar-refractivity contribution in [3.05, 3.63) is 52.1 Å². The number of nitrogens with one attached hydrogen (secondary N) is 3. The molecule has 57 heavy (non-hydrogen) atoms. The fraction of sp³-hybridized carbons (Fsp3) is 0.558. The molecule has 2 amide bonds. The highest BCUT2D eigenvalue weighted by Crippen LogP contribution is 2.43. The van der Waals surface area contributed by atoms with E-state index in [0.717, 1.165) is 94.5 Å². The van der Waals surface area contributed by atoms with Crippen LogP contribution < -0.4 is 21.0 Å². The van der Waals surface area contributed by atoms with Crippen molar-refractivity contribution < 1.29 is 23.9 Å². The zero-order chi connectivity index (χ0) is 40.0. The lowest BCUT2D eigenvalue weighted by molar-refractivity contribution is -0.155. The normalized spacial score (nSPS) is 24.5. The highest BCUT2D eigenvalue weighted by atomic mass is 32.1. The molecule has 3 N–H and O–H groups in total. The number of piperazine rings is 1. The molecule has 5 atom stereocenters. The van der Waals surface area contributed by atoms with Crippen molar-refractivity contribution in [2.45, 2.75) is 91.5 Å². The fourth-order valence-corrected chi connectivity index (χ4v) is 9.51. The summed E-state index contributed by atoms with van der Waals surface area (Å²) in [7, 11) is 1.72. The lowest BCUT2D eigenvalue weighted by Gasteiger charge is -2.35. The molecule has 0 spiro atoms. The number of esters is 1. The van der Waals surface area contributed by atoms with Crippen molar-refractivity contribution in [3.8, 4) is 22.5 Å². The predicted octanol–water partition coefficient (Wildman–Crippen LogP) is 5.27. The van der Waals surface area contributed by atoms with Gasteiger partial charge in [-0.2, -0.15) is 0 Å². The van der Waals surface area contributed by atoms with Crippen molar-refractivity contribution in [1.82, 2.24) is 35.6 Å². The van der Waals surface area contributed by atoms with E-state index in [0.29, 0.717) is 31.7 Å². The summed E-state index contributed by atoms with van der Waals surface area (Å²) in [5.41, 5.74) is 10.8. The number of methoxy groups -OCH3 is 1. The van der Waals surface area contributed by atoms with Gasteiger partial charge in [-0.25, -0.2) is 10.4 Å². The van der Waals surface area contributed by atoms with Crippen LogP contribution >= 0.6 is 11.3 Å². The van der Waals surface area contributed by atoms with Crippen LogP contribution in [-0.2, 0) is 43.2 Å². The highest BCUT2D eigenvalue weighted by Gasteiger charge is 2.42. The van der Waals surface area contributed by atoms with E-state index in [9.17, 15) is 14.4 Å². The maximum atomic E-state index is 14.1. The van der Waals surface area contributed by atoms with Crippen molar-refractivity contribution in [2.24, 2.45) is 17.3 Å². The standard InChI is InChI=1S/C43H56N8O5S/c1-7-50-36-11-10-27-18-30(36)32(39(50)31-19-28(49-15-12-44-13-16-49)22-45-38(31)26(3)55-6)21-43(4,5)24-56-42(54)33-9-8-14-51(48-33)41(53)34(20-37-46-35(27)23-57-37)47-40(52)29-17-25(29)2/h10-11,18-19,22-23,25-26,29,33-34,44,48H,7-9,12-17,20-21,24H2,1-6H3,(H,47,52)/t25-,26-,29-,33-,34-/m0/s1. The first kappa shape index (κ1) is 39.5. The van der Waals surface area contributed by atoms with E-state index in [4.69, 9.17) is 19.4 Å². The van der Waals surface area contributed by atoms with E-state index in [-0.39, 0.29) is 42.8 Å². The third-order valence-electron chi connectivity index (χ3n) is 12.1. The SMILES string of the molecule is CCn1c(-c2cc(N3CCNCC3)cnc2[C@H](C)OC)c2c3cc(ccc31)-c1csc(n1)C[C@H](NC(=O)[C@H]1C[C@@H]1C)C(=O)N1CCC[C@H](N1)C(=O)OCC(C)(C)C2. The number of cyclic esters (lactones) is 1. The summed E-state index contributed by atoms with van der Waals surface area (Å²) < 4.78 is 14.4. The van der Waals surface area contributed by atoms with Crippen LogP contribution in [0.4, 0.5) is 5.69 Å². The summed E-state index contributed by atoms with van der Waals surface area (Å²) in [5, 5.41) is 11.9.